The van der Waals surface area contributed by atoms with E-state index in [-0.39, 0.29) is 12.2 Å². The predicted molar refractivity (Wildman–Crippen MR) is 55.0 cm³/mol. The van der Waals surface area contributed by atoms with Crippen LogP contribution < -0.4 is 10.6 Å². The first-order valence-corrected chi connectivity index (χ1v) is 5.54. The lowest BCUT2D eigenvalue weighted by atomic mass is 10.1. The molecule has 0 aromatic carbocycles. The minimum Gasteiger partial charge on any atom is -0.346 e. The highest BCUT2D eigenvalue weighted by Crippen LogP contribution is 2.16. The van der Waals surface area contributed by atoms with Crippen molar-refractivity contribution < 1.29 is 9.59 Å². The Kier molecular flexibility index (Phi) is 2.90. The second-order valence-corrected chi connectivity index (χ2v) is 4.24. The summed E-state index contributed by atoms with van der Waals surface area (Å²) in [5.41, 5.74) is 0. The van der Waals surface area contributed by atoms with Gasteiger partial charge in [0.05, 0.1) is 6.17 Å². The molecular weight excluding hydrogens is 194 g/mol. The second-order valence-electron chi connectivity index (χ2n) is 4.24. The van der Waals surface area contributed by atoms with Gasteiger partial charge >= 0.3 is 11.8 Å². The van der Waals surface area contributed by atoms with E-state index >= 15 is 0 Å². The van der Waals surface area contributed by atoms with Crippen LogP contribution in [0.3, 0.4) is 0 Å². The molecule has 2 N–H and O–H groups in total. The summed E-state index contributed by atoms with van der Waals surface area (Å²) in [4.78, 5) is 24.7. The van der Waals surface area contributed by atoms with Crippen LogP contribution in [0.4, 0.5) is 0 Å². The number of hydrogen-bond acceptors (Lipinski definition) is 3. The van der Waals surface area contributed by atoms with Gasteiger partial charge in [0.1, 0.15) is 0 Å². The van der Waals surface area contributed by atoms with Crippen molar-refractivity contribution in [2.75, 3.05) is 13.1 Å². The molecule has 15 heavy (non-hydrogen) atoms. The smallest absolute Gasteiger partial charge is 0.313 e. The fraction of sp³-hybridized carbons (Fsp3) is 0.800. The lowest BCUT2D eigenvalue weighted by molar-refractivity contribution is -0.153. The molecule has 2 atom stereocenters. The lowest BCUT2D eigenvalue weighted by Crippen LogP contribution is -2.63. The van der Waals surface area contributed by atoms with Crippen molar-refractivity contribution in [3.05, 3.63) is 0 Å². The van der Waals surface area contributed by atoms with E-state index in [0.29, 0.717) is 6.54 Å². The van der Waals surface area contributed by atoms with Crippen LogP contribution in [0.25, 0.3) is 0 Å². The number of nitrogens with zero attached hydrogens (tertiary/aromatic N) is 1. The maximum absolute atomic E-state index is 11.7. The molecule has 0 bridgehead atoms. The molecule has 2 aliphatic heterocycles. The molecular formula is C10H17N3O2. The Morgan fingerprint density at radius 3 is 2.80 bits per heavy atom. The Hall–Kier alpha value is -1.10. The third kappa shape index (κ3) is 1.97. The van der Waals surface area contributed by atoms with E-state index < -0.39 is 11.8 Å². The maximum Gasteiger partial charge on any atom is 0.313 e. The molecule has 0 spiro atoms. The third-order valence-corrected chi connectivity index (χ3v) is 3.08. The van der Waals surface area contributed by atoms with E-state index in [9.17, 15) is 9.59 Å². The average Bonchev–Trinajstić information content (AvgIpc) is 2.26. The van der Waals surface area contributed by atoms with Gasteiger partial charge < -0.3 is 10.2 Å². The first-order valence-electron chi connectivity index (χ1n) is 5.54. The summed E-state index contributed by atoms with van der Waals surface area (Å²) in [6.07, 6.45) is 3.27. The van der Waals surface area contributed by atoms with Crippen LogP contribution in [-0.4, -0.2) is 42.0 Å². The fourth-order valence-corrected chi connectivity index (χ4v) is 2.25. The molecule has 0 aromatic rings. The summed E-state index contributed by atoms with van der Waals surface area (Å²) in [6, 6.07) is 0.0887. The van der Waals surface area contributed by atoms with Crippen LogP contribution in [0.15, 0.2) is 0 Å². The van der Waals surface area contributed by atoms with E-state index in [1.165, 1.54) is 0 Å². The third-order valence-electron chi connectivity index (χ3n) is 3.08. The summed E-state index contributed by atoms with van der Waals surface area (Å²) in [5, 5.41) is 5.89. The molecule has 0 radical (unpaired) electrons. The van der Waals surface area contributed by atoms with Crippen molar-refractivity contribution >= 4 is 11.8 Å². The van der Waals surface area contributed by atoms with Crippen LogP contribution in [0.1, 0.15) is 26.2 Å². The molecule has 2 rings (SSSR count). The fourth-order valence-electron chi connectivity index (χ4n) is 2.25. The molecule has 2 fully saturated rings. The van der Waals surface area contributed by atoms with E-state index in [1.807, 2.05) is 6.92 Å². The van der Waals surface area contributed by atoms with Gasteiger partial charge in [-0.2, -0.15) is 0 Å². The molecule has 2 unspecified atom stereocenters. The van der Waals surface area contributed by atoms with E-state index in [1.54, 1.807) is 4.90 Å². The first-order chi connectivity index (χ1) is 7.20. The zero-order chi connectivity index (χ0) is 10.8. The SMILES string of the molecule is CC1CNC(=O)C(=O)N1C1CCCCN1. The van der Waals surface area contributed by atoms with Crippen LogP contribution in [0.5, 0.6) is 0 Å². The van der Waals surface area contributed by atoms with Gasteiger partial charge in [0.15, 0.2) is 0 Å². The summed E-state index contributed by atoms with van der Waals surface area (Å²) < 4.78 is 0. The largest absolute Gasteiger partial charge is 0.346 e. The van der Waals surface area contributed by atoms with E-state index in [0.717, 1.165) is 25.8 Å². The van der Waals surface area contributed by atoms with Gasteiger partial charge in [-0.25, -0.2) is 0 Å². The predicted octanol–water partition coefficient (Wildman–Crippen LogP) is -0.567. The lowest BCUT2D eigenvalue weighted by Gasteiger charge is -2.41. The van der Waals surface area contributed by atoms with Crippen LogP contribution in [-0.2, 0) is 9.59 Å². The Morgan fingerprint density at radius 2 is 2.13 bits per heavy atom. The zero-order valence-corrected chi connectivity index (χ0v) is 8.95. The zero-order valence-electron chi connectivity index (χ0n) is 8.95. The van der Waals surface area contributed by atoms with Crippen molar-refractivity contribution in [3.8, 4) is 0 Å². The summed E-state index contributed by atoms with van der Waals surface area (Å²) in [6.45, 7) is 3.46. The number of amides is 2. The molecule has 2 saturated heterocycles. The molecule has 2 heterocycles. The highest BCUT2D eigenvalue weighted by Gasteiger charge is 2.36. The minimum atomic E-state index is -0.472. The van der Waals surface area contributed by atoms with Crippen LogP contribution in [0.2, 0.25) is 0 Å². The molecule has 0 aliphatic carbocycles. The Labute approximate surface area is 89.2 Å². The van der Waals surface area contributed by atoms with Gasteiger partial charge in [0.2, 0.25) is 0 Å². The van der Waals surface area contributed by atoms with Gasteiger partial charge in [0, 0.05) is 12.6 Å². The van der Waals surface area contributed by atoms with Crippen LogP contribution >= 0.6 is 0 Å². The van der Waals surface area contributed by atoms with Crippen molar-refractivity contribution in [2.24, 2.45) is 0 Å². The van der Waals surface area contributed by atoms with Crippen molar-refractivity contribution in [3.63, 3.8) is 0 Å². The number of hydrogen-bond donors (Lipinski definition) is 2. The van der Waals surface area contributed by atoms with Crippen molar-refractivity contribution in [1.82, 2.24) is 15.5 Å². The van der Waals surface area contributed by atoms with Gasteiger partial charge in [-0.3, -0.25) is 14.9 Å². The standard InChI is InChI=1S/C10H17N3O2/c1-7-6-12-9(14)10(15)13(7)8-4-2-3-5-11-8/h7-8,11H,2-6H2,1H3,(H,12,14). The Morgan fingerprint density at radius 1 is 1.33 bits per heavy atom. The van der Waals surface area contributed by atoms with Crippen LogP contribution in [0, 0.1) is 0 Å². The molecule has 84 valence electrons. The second kappa shape index (κ2) is 4.18. The Bertz CT molecular complexity index is 274. The molecule has 2 aliphatic rings. The molecule has 5 nitrogen and oxygen atoms in total. The maximum atomic E-state index is 11.7. The highest BCUT2D eigenvalue weighted by atomic mass is 16.2. The quantitative estimate of drug-likeness (QED) is 0.571. The van der Waals surface area contributed by atoms with Gasteiger partial charge in [0.25, 0.3) is 0 Å². The Balaban J connectivity index is 2.09. The average molecular weight is 211 g/mol. The first kappa shape index (κ1) is 10.4. The number of rotatable bonds is 1. The number of nitrogens with one attached hydrogen (secondary N) is 2. The summed E-state index contributed by atoms with van der Waals surface area (Å²) in [5.74, 6) is -0.867. The minimum absolute atomic E-state index is 0.0484. The van der Waals surface area contributed by atoms with Gasteiger partial charge in [-0.1, -0.05) is 0 Å². The summed E-state index contributed by atoms with van der Waals surface area (Å²) in [7, 11) is 0. The highest BCUT2D eigenvalue weighted by molar-refractivity contribution is 6.35. The van der Waals surface area contributed by atoms with E-state index in [4.69, 9.17) is 0 Å². The molecule has 5 heteroatoms. The molecule has 2 amide bonds. The van der Waals surface area contributed by atoms with Gasteiger partial charge in [-0.15, -0.1) is 0 Å². The van der Waals surface area contributed by atoms with Crippen molar-refractivity contribution in [2.45, 2.75) is 38.4 Å². The number of piperazine rings is 1. The van der Waals surface area contributed by atoms with E-state index in [2.05, 4.69) is 10.6 Å². The van der Waals surface area contributed by atoms with Gasteiger partial charge in [-0.05, 0) is 32.7 Å². The number of carbonyl (C=O) groups excluding carboxylic acids is 2. The summed E-state index contributed by atoms with van der Waals surface area (Å²) >= 11 is 0. The monoisotopic (exact) mass is 211 g/mol. The topological polar surface area (TPSA) is 61.4 Å². The van der Waals surface area contributed by atoms with Crippen molar-refractivity contribution in [1.29, 1.82) is 0 Å². The normalized spacial score (nSPS) is 32.7. The number of carbonyl (C=O) groups is 2. The molecule has 0 saturated carbocycles. The number of piperidine rings is 1. The molecule has 0 aromatic heterocycles.